The average Bonchev–Trinajstić information content (AvgIpc) is 2.72. The van der Waals surface area contributed by atoms with Crippen molar-refractivity contribution in [3.63, 3.8) is 0 Å². The fourth-order valence-corrected chi connectivity index (χ4v) is 4.56. The molecule has 2 aromatic rings. The molecule has 0 aliphatic carbocycles. The van der Waals surface area contributed by atoms with Gasteiger partial charge in [0.25, 0.3) is 0 Å². The molecule has 2 atom stereocenters. The van der Waals surface area contributed by atoms with Gasteiger partial charge < -0.3 is 0 Å². The summed E-state index contributed by atoms with van der Waals surface area (Å²) in [5.41, 5.74) is 3.31. The van der Waals surface area contributed by atoms with Crippen molar-refractivity contribution in [1.29, 1.82) is 5.26 Å². The van der Waals surface area contributed by atoms with Gasteiger partial charge in [-0.2, -0.15) is 5.26 Å². The number of nitriles is 1. The molecule has 0 fully saturated rings. The van der Waals surface area contributed by atoms with E-state index in [2.05, 4.69) is 11.1 Å². The van der Waals surface area contributed by atoms with Crippen LogP contribution >= 0.6 is 11.8 Å². The summed E-state index contributed by atoms with van der Waals surface area (Å²) in [6.07, 6.45) is 0. The summed E-state index contributed by atoms with van der Waals surface area (Å²) in [7, 11) is 0. The number of rotatable bonds is 5. The van der Waals surface area contributed by atoms with Crippen LogP contribution in [0.25, 0.3) is 0 Å². The summed E-state index contributed by atoms with van der Waals surface area (Å²) in [5, 5.41) is 10.4. The van der Waals surface area contributed by atoms with Gasteiger partial charge in [-0.3, -0.25) is 9.59 Å². The third-order valence-corrected chi connectivity index (χ3v) is 6.10. The van der Waals surface area contributed by atoms with Crippen LogP contribution in [0.5, 0.6) is 0 Å². The van der Waals surface area contributed by atoms with E-state index in [4.69, 9.17) is 0 Å². The summed E-state index contributed by atoms with van der Waals surface area (Å²) in [5.74, 6) is -1.77. The van der Waals surface area contributed by atoms with E-state index in [9.17, 15) is 19.2 Å². The number of ketones is 2. The Bertz CT molecular complexity index is 1080. The third kappa shape index (κ3) is 4.58. The number of hydrogen-bond acceptors (Lipinski definition) is 5. The Morgan fingerprint density at radius 2 is 1.73 bits per heavy atom. The highest BCUT2D eigenvalue weighted by molar-refractivity contribution is 8.14. The molecule has 0 bridgehead atoms. The smallest absolute Gasteiger partial charge is 0.173 e. The number of hydrogen-bond donors (Lipinski definition) is 0. The number of Topliss-reactive ketones (excluding diaryl/α,β-unsaturated/α-hetero) is 2. The molecule has 4 nitrogen and oxygen atoms in total. The second-order valence-corrected chi connectivity index (χ2v) is 8.21. The molecule has 0 radical (unpaired) electrons. The Labute approximate surface area is 179 Å². The first-order chi connectivity index (χ1) is 14.3. The summed E-state index contributed by atoms with van der Waals surface area (Å²) in [6, 6.07) is 15.4. The van der Waals surface area contributed by atoms with Gasteiger partial charge in [-0.25, -0.2) is 9.38 Å². The van der Waals surface area contributed by atoms with Crippen LogP contribution in [0.4, 0.5) is 4.39 Å². The van der Waals surface area contributed by atoms with Gasteiger partial charge in [-0.1, -0.05) is 42.0 Å². The van der Waals surface area contributed by atoms with Gasteiger partial charge in [-0.15, -0.1) is 11.8 Å². The Morgan fingerprint density at radius 1 is 1.10 bits per heavy atom. The molecule has 1 aliphatic rings. The third-order valence-electron chi connectivity index (χ3n) is 5.05. The molecule has 1 unspecified atom stereocenters. The molecular weight excluding hydrogens is 399 g/mol. The van der Waals surface area contributed by atoms with Crippen LogP contribution < -0.4 is 0 Å². The molecule has 0 saturated heterocycles. The molecule has 0 spiro atoms. The molecule has 6 heteroatoms. The summed E-state index contributed by atoms with van der Waals surface area (Å²) in [6.45, 7) is 5.12. The number of nitrogens with zero attached hydrogens (tertiary/aromatic N) is 2. The van der Waals surface area contributed by atoms with Crippen LogP contribution in [0.15, 0.2) is 64.8 Å². The van der Waals surface area contributed by atoms with Crippen molar-refractivity contribution in [3.8, 4) is 6.07 Å². The van der Waals surface area contributed by atoms with Gasteiger partial charge in [0.15, 0.2) is 11.6 Å². The SMILES string of the molecule is CC(=O)C1=C(C)N=C(SCC(=O)c2ccc(C)cc2)C(C#N)[C@H]1c1ccc(F)cc1. The lowest BCUT2D eigenvalue weighted by atomic mass is 9.77. The quantitative estimate of drug-likeness (QED) is 0.620. The zero-order valence-electron chi connectivity index (χ0n) is 17.0. The number of allylic oxidation sites excluding steroid dienone is 2. The van der Waals surface area contributed by atoms with Crippen LogP contribution in [0.1, 0.15) is 41.3 Å². The van der Waals surface area contributed by atoms with Crippen LogP contribution in [-0.2, 0) is 4.79 Å². The van der Waals surface area contributed by atoms with Gasteiger partial charge >= 0.3 is 0 Å². The summed E-state index contributed by atoms with van der Waals surface area (Å²) < 4.78 is 13.4. The van der Waals surface area contributed by atoms with Crippen molar-refractivity contribution in [2.24, 2.45) is 10.9 Å². The van der Waals surface area contributed by atoms with Crippen molar-refractivity contribution < 1.29 is 14.0 Å². The fraction of sp³-hybridized carbons (Fsp3) is 0.250. The van der Waals surface area contributed by atoms with Crippen LogP contribution in [0.3, 0.4) is 0 Å². The number of aliphatic imine (C=N–C) groups is 1. The maximum atomic E-state index is 13.4. The molecule has 0 amide bonds. The van der Waals surface area contributed by atoms with Crippen molar-refractivity contribution in [2.45, 2.75) is 26.7 Å². The zero-order valence-corrected chi connectivity index (χ0v) is 17.8. The molecule has 1 heterocycles. The van der Waals surface area contributed by atoms with E-state index in [0.717, 1.165) is 5.56 Å². The standard InChI is InChI=1S/C24H21FN2O2S/c1-14-4-6-17(7-5-14)21(29)13-30-24-20(12-26)23(18-8-10-19(25)11-9-18)22(16(3)28)15(2)27-24/h4-11,20,23H,13H2,1-3H3/t20?,23-/m1/s1. The number of carbonyl (C=O) groups is 2. The lowest BCUT2D eigenvalue weighted by molar-refractivity contribution is -0.114. The molecule has 0 N–H and O–H groups in total. The van der Waals surface area contributed by atoms with Crippen LogP contribution in [0.2, 0.25) is 0 Å². The second-order valence-electron chi connectivity index (χ2n) is 7.22. The lowest BCUT2D eigenvalue weighted by Crippen LogP contribution is -2.28. The first kappa shape index (κ1) is 21.7. The molecule has 0 saturated carbocycles. The van der Waals surface area contributed by atoms with E-state index in [0.29, 0.717) is 27.4 Å². The van der Waals surface area contributed by atoms with E-state index in [1.165, 1.54) is 30.8 Å². The van der Waals surface area contributed by atoms with Crippen LogP contribution in [0, 0.1) is 30.0 Å². The van der Waals surface area contributed by atoms with Gasteiger partial charge in [0.2, 0.25) is 0 Å². The van der Waals surface area contributed by atoms with E-state index >= 15 is 0 Å². The predicted octanol–water partition coefficient (Wildman–Crippen LogP) is 5.25. The first-order valence-electron chi connectivity index (χ1n) is 9.50. The molecule has 1 aliphatic heterocycles. The second kappa shape index (κ2) is 9.19. The number of halogens is 1. The molecule has 30 heavy (non-hydrogen) atoms. The number of thioether (sulfide) groups is 1. The van der Waals surface area contributed by atoms with E-state index in [1.807, 2.05) is 19.1 Å². The van der Waals surface area contributed by atoms with Gasteiger partial charge in [0.1, 0.15) is 11.7 Å². The van der Waals surface area contributed by atoms with Gasteiger partial charge in [-0.05, 0) is 38.5 Å². The number of aryl methyl sites for hydroxylation is 1. The summed E-state index contributed by atoms with van der Waals surface area (Å²) in [4.78, 5) is 29.4. The largest absolute Gasteiger partial charge is 0.295 e. The molecule has 0 aromatic heterocycles. The van der Waals surface area contributed by atoms with Crippen molar-refractivity contribution >= 4 is 28.4 Å². The highest BCUT2D eigenvalue weighted by Crippen LogP contribution is 2.41. The molecule has 3 rings (SSSR count). The predicted molar refractivity (Wildman–Crippen MR) is 117 cm³/mol. The topological polar surface area (TPSA) is 70.3 Å². The molecule has 152 valence electrons. The van der Waals surface area contributed by atoms with E-state index in [-0.39, 0.29) is 23.1 Å². The lowest BCUT2D eigenvalue weighted by Gasteiger charge is -2.29. The molecular formula is C24H21FN2O2S. The Hall–Kier alpha value is -3.04. The average molecular weight is 421 g/mol. The Balaban J connectivity index is 1.92. The minimum atomic E-state index is -0.728. The minimum Gasteiger partial charge on any atom is -0.295 e. The van der Waals surface area contributed by atoms with E-state index < -0.39 is 11.8 Å². The Kier molecular flexibility index (Phi) is 6.63. The molecule has 2 aromatic carbocycles. The monoisotopic (exact) mass is 420 g/mol. The van der Waals surface area contributed by atoms with Crippen molar-refractivity contribution in [2.75, 3.05) is 5.75 Å². The minimum absolute atomic E-state index is 0.0586. The maximum Gasteiger partial charge on any atom is 0.173 e. The first-order valence-corrected chi connectivity index (χ1v) is 10.5. The van der Waals surface area contributed by atoms with Crippen molar-refractivity contribution in [1.82, 2.24) is 0 Å². The summed E-state index contributed by atoms with van der Waals surface area (Å²) >= 11 is 1.21. The van der Waals surface area contributed by atoms with Gasteiger partial charge in [0.05, 0.1) is 16.9 Å². The van der Waals surface area contributed by atoms with Gasteiger partial charge in [0, 0.05) is 22.8 Å². The fourth-order valence-electron chi connectivity index (χ4n) is 3.55. The normalized spacial score (nSPS) is 18.6. The zero-order chi connectivity index (χ0) is 21.8. The van der Waals surface area contributed by atoms with E-state index in [1.54, 1.807) is 31.2 Å². The maximum absolute atomic E-state index is 13.4. The van der Waals surface area contributed by atoms with Crippen molar-refractivity contribution in [3.05, 3.63) is 82.3 Å². The Morgan fingerprint density at radius 3 is 2.30 bits per heavy atom. The number of benzene rings is 2. The highest BCUT2D eigenvalue weighted by atomic mass is 32.2. The highest BCUT2D eigenvalue weighted by Gasteiger charge is 2.37. The number of carbonyl (C=O) groups excluding carboxylic acids is 2. The van der Waals surface area contributed by atoms with Crippen LogP contribution in [-0.4, -0.2) is 22.4 Å².